The Kier molecular flexibility index (Phi) is 13.1. The molecule has 0 aromatic carbocycles. The molecule has 3 nitrogen and oxygen atoms in total. The van der Waals surface area contributed by atoms with Gasteiger partial charge in [-0.3, -0.25) is 4.90 Å². The maximum atomic E-state index is 3.70. The van der Waals surface area contributed by atoms with E-state index in [0.29, 0.717) is 18.1 Å². The summed E-state index contributed by atoms with van der Waals surface area (Å²) in [6.45, 7) is 24.0. The standard InChI is InChI=1S/C18H39N3.C2H6/c1-7-17(6)21(16(4)5)13-10-19-14-18-8-11-20(12-9-18)15(2)3;1-2/h15-19H,7-14H2,1-6H3;1-2H3. The Morgan fingerprint density at radius 1 is 1.04 bits per heavy atom. The van der Waals surface area contributed by atoms with Crippen molar-refractivity contribution in [1.29, 1.82) is 0 Å². The Hall–Kier alpha value is -0.120. The average molecular weight is 328 g/mol. The molecule has 0 amide bonds. The number of likely N-dealkylation sites (tertiary alicyclic amines) is 1. The highest BCUT2D eigenvalue weighted by atomic mass is 15.2. The van der Waals surface area contributed by atoms with Gasteiger partial charge < -0.3 is 10.2 Å². The Morgan fingerprint density at radius 2 is 1.61 bits per heavy atom. The number of rotatable bonds is 9. The van der Waals surface area contributed by atoms with Gasteiger partial charge in [-0.1, -0.05) is 20.8 Å². The van der Waals surface area contributed by atoms with Crippen LogP contribution in [0.25, 0.3) is 0 Å². The molecule has 23 heavy (non-hydrogen) atoms. The molecule has 0 saturated carbocycles. The van der Waals surface area contributed by atoms with Gasteiger partial charge in [0.25, 0.3) is 0 Å². The van der Waals surface area contributed by atoms with Gasteiger partial charge in [-0.05, 0) is 79.4 Å². The minimum absolute atomic E-state index is 0.649. The molecule has 1 N–H and O–H groups in total. The fraction of sp³-hybridized carbons (Fsp3) is 1.00. The molecule has 1 aliphatic rings. The molecule has 0 aromatic heterocycles. The van der Waals surface area contributed by atoms with E-state index in [-0.39, 0.29) is 0 Å². The highest BCUT2D eigenvalue weighted by Gasteiger charge is 2.20. The summed E-state index contributed by atoms with van der Waals surface area (Å²) < 4.78 is 0. The Balaban J connectivity index is 0.00000232. The second-order valence-corrected chi connectivity index (χ2v) is 7.37. The molecule has 1 rings (SSSR count). The third kappa shape index (κ3) is 9.07. The number of hydrogen-bond acceptors (Lipinski definition) is 3. The minimum atomic E-state index is 0.649. The lowest BCUT2D eigenvalue weighted by Crippen LogP contribution is -2.44. The molecule has 0 aliphatic carbocycles. The molecule has 3 heteroatoms. The van der Waals surface area contributed by atoms with E-state index in [1.54, 1.807) is 0 Å². The molecule has 1 unspecified atom stereocenters. The highest BCUT2D eigenvalue weighted by molar-refractivity contribution is 4.76. The molecule has 0 spiro atoms. The first-order chi connectivity index (χ1) is 11.0. The van der Waals surface area contributed by atoms with Crippen molar-refractivity contribution in [2.24, 2.45) is 5.92 Å². The molecule has 1 heterocycles. The van der Waals surface area contributed by atoms with E-state index in [0.717, 1.165) is 12.5 Å². The molecular weight excluding hydrogens is 282 g/mol. The van der Waals surface area contributed by atoms with Crippen LogP contribution in [0.3, 0.4) is 0 Å². The zero-order valence-corrected chi connectivity index (χ0v) is 17.4. The van der Waals surface area contributed by atoms with Crippen molar-refractivity contribution in [3.8, 4) is 0 Å². The van der Waals surface area contributed by atoms with Crippen LogP contribution in [0.5, 0.6) is 0 Å². The van der Waals surface area contributed by atoms with Gasteiger partial charge in [-0.15, -0.1) is 0 Å². The zero-order chi connectivity index (χ0) is 17.8. The van der Waals surface area contributed by atoms with Crippen molar-refractivity contribution in [2.45, 2.75) is 92.8 Å². The van der Waals surface area contributed by atoms with Gasteiger partial charge in [0.2, 0.25) is 0 Å². The van der Waals surface area contributed by atoms with E-state index in [9.17, 15) is 0 Å². The van der Waals surface area contributed by atoms with E-state index in [2.05, 4.69) is 56.7 Å². The van der Waals surface area contributed by atoms with Crippen molar-refractivity contribution >= 4 is 0 Å². The van der Waals surface area contributed by atoms with Crippen molar-refractivity contribution in [1.82, 2.24) is 15.1 Å². The molecule has 0 radical (unpaired) electrons. The van der Waals surface area contributed by atoms with Gasteiger partial charge in [-0.25, -0.2) is 0 Å². The van der Waals surface area contributed by atoms with Crippen molar-refractivity contribution in [3.63, 3.8) is 0 Å². The summed E-state index contributed by atoms with van der Waals surface area (Å²) in [5.74, 6) is 0.885. The number of hydrogen-bond donors (Lipinski definition) is 1. The van der Waals surface area contributed by atoms with Crippen molar-refractivity contribution in [3.05, 3.63) is 0 Å². The van der Waals surface area contributed by atoms with Crippen LogP contribution in [-0.4, -0.2) is 60.6 Å². The Bertz CT molecular complexity index is 258. The summed E-state index contributed by atoms with van der Waals surface area (Å²) in [7, 11) is 0. The zero-order valence-electron chi connectivity index (χ0n) is 17.4. The second kappa shape index (κ2) is 13.2. The minimum Gasteiger partial charge on any atom is -0.315 e. The molecule has 1 atom stereocenters. The second-order valence-electron chi connectivity index (χ2n) is 7.37. The predicted molar refractivity (Wildman–Crippen MR) is 105 cm³/mol. The number of nitrogens with zero attached hydrogens (tertiary/aromatic N) is 2. The maximum absolute atomic E-state index is 3.70. The highest BCUT2D eigenvalue weighted by Crippen LogP contribution is 2.18. The third-order valence-electron chi connectivity index (χ3n) is 5.18. The van der Waals surface area contributed by atoms with E-state index >= 15 is 0 Å². The van der Waals surface area contributed by atoms with Crippen LogP contribution < -0.4 is 5.32 Å². The third-order valence-corrected chi connectivity index (χ3v) is 5.18. The van der Waals surface area contributed by atoms with E-state index in [4.69, 9.17) is 0 Å². The van der Waals surface area contributed by atoms with Gasteiger partial charge in [0.05, 0.1) is 0 Å². The topological polar surface area (TPSA) is 18.5 Å². The van der Waals surface area contributed by atoms with Gasteiger partial charge in [-0.2, -0.15) is 0 Å². The quantitative estimate of drug-likeness (QED) is 0.639. The summed E-state index contributed by atoms with van der Waals surface area (Å²) in [5.41, 5.74) is 0. The monoisotopic (exact) mass is 327 g/mol. The fourth-order valence-electron chi connectivity index (χ4n) is 3.41. The van der Waals surface area contributed by atoms with Crippen LogP contribution >= 0.6 is 0 Å². The van der Waals surface area contributed by atoms with Crippen LogP contribution in [0.4, 0.5) is 0 Å². The van der Waals surface area contributed by atoms with Crippen LogP contribution in [0.1, 0.15) is 74.7 Å². The first-order valence-corrected chi connectivity index (χ1v) is 10.2. The number of piperidine rings is 1. The first-order valence-electron chi connectivity index (χ1n) is 10.2. The summed E-state index contributed by atoms with van der Waals surface area (Å²) in [6.07, 6.45) is 3.97. The number of nitrogens with one attached hydrogen (secondary N) is 1. The molecule has 0 bridgehead atoms. The van der Waals surface area contributed by atoms with Gasteiger partial charge in [0.15, 0.2) is 0 Å². The molecule has 140 valence electrons. The molecule has 1 fully saturated rings. The van der Waals surface area contributed by atoms with E-state index in [1.165, 1.54) is 45.4 Å². The summed E-state index contributed by atoms with van der Waals surface area (Å²) >= 11 is 0. The molecular formula is C20H45N3. The molecule has 1 saturated heterocycles. The van der Waals surface area contributed by atoms with Crippen LogP contribution in [0, 0.1) is 5.92 Å². The Morgan fingerprint density at radius 3 is 2.04 bits per heavy atom. The predicted octanol–water partition coefficient (Wildman–Crippen LogP) is 4.23. The molecule has 1 aliphatic heterocycles. The summed E-state index contributed by atoms with van der Waals surface area (Å²) in [4.78, 5) is 5.23. The fourth-order valence-corrected chi connectivity index (χ4v) is 3.41. The summed E-state index contributed by atoms with van der Waals surface area (Å²) in [6, 6.07) is 2.06. The van der Waals surface area contributed by atoms with Crippen LogP contribution in [0.2, 0.25) is 0 Å². The van der Waals surface area contributed by atoms with Crippen LogP contribution in [-0.2, 0) is 0 Å². The largest absolute Gasteiger partial charge is 0.315 e. The van der Waals surface area contributed by atoms with Gasteiger partial charge in [0.1, 0.15) is 0 Å². The lowest BCUT2D eigenvalue weighted by molar-refractivity contribution is 0.142. The SMILES string of the molecule is CC.CCC(C)N(CCNCC1CCN(C(C)C)CC1)C(C)C. The van der Waals surface area contributed by atoms with Crippen molar-refractivity contribution < 1.29 is 0 Å². The van der Waals surface area contributed by atoms with Gasteiger partial charge in [0, 0.05) is 31.2 Å². The first kappa shape index (κ1) is 22.9. The normalized spacial score (nSPS) is 18.4. The van der Waals surface area contributed by atoms with Gasteiger partial charge >= 0.3 is 0 Å². The lowest BCUT2D eigenvalue weighted by atomic mass is 9.96. The average Bonchev–Trinajstić information content (AvgIpc) is 2.56. The lowest BCUT2D eigenvalue weighted by Gasteiger charge is -2.35. The Labute approximate surface area is 147 Å². The molecule has 0 aromatic rings. The smallest absolute Gasteiger partial charge is 0.0112 e. The van der Waals surface area contributed by atoms with Crippen molar-refractivity contribution in [2.75, 3.05) is 32.7 Å². The summed E-state index contributed by atoms with van der Waals surface area (Å²) in [5, 5.41) is 3.70. The van der Waals surface area contributed by atoms with E-state index in [1.807, 2.05) is 13.8 Å². The maximum Gasteiger partial charge on any atom is 0.0112 e. The van der Waals surface area contributed by atoms with E-state index < -0.39 is 0 Å². The van der Waals surface area contributed by atoms with Crippen LogP contribution in [0.15, 0.2) is 0 Å².